The predicted octanol–water partition coefficient (Wildman–Crippen LogP) is 3.13. The zero-order valence-electron chi connectivity index (χ0n) is 58.0. The van der Waals surface area contributed by atoms with Gasteiger partial charge in [-0.2, -0.15) is 0 Å². The van der Waals surface area contributed by atoms with Gasteiger partial charge in [0.05, 0.1) is 5.60 Å². The van der Waals surface area contributed by atoms with Gasteiger partial charge in [-0.25, -0.2) is 0 Å². The van der Waals surface area contributed by atoms with Gasteiger partial charge in [0, 0.05) is 55.8 Å². The molecule has 0 saturated carbocycles. The third-order valence-corrected chi connectivity index (χ3v) is 16.7. The van der Waals surface area contributed by atoms with E-state index in [-0.39, 0.29) is 75.2 Å². The second kappa shape index (κ2) is 35.9. The summed E-state index contributed by atoms with van der Waals surface area (Å²) < 4.78 is 0. The number of nitrogens with one attached hydrogen (secondary N) is 4. The number of hydrogen-bond donors (Lipinski definition) is 6. The van der Waals surface area contributed by atoms with Gasteiger partial charge in [-0.15, -0.1) is 0 Å². The normalized spacial score (nSPS) is 27.0. The Bertz CT molecular complexity index is 2410. The van der Waals surface area contributed by atoms with Crippen molar-refractivity contribution in [2.75, 3.05) is 55.9 Å². The fourth-order valence-corrected chi connectivity index (χ4v) is 11.2. The van der Waals surface area contributed by atoms with E-state index in [1.807, 2.05) is 67.5 Å². The van der Waals surface area contributed by atoms with Crippen molar-refractivity contribution in [3.8, 4) is 0 Å². The Kier molecular flexibility index (Phi) is 32.5. The van der Waals surface area contributed by atoms with E-state index in [1.165, 1.54) is 102 Å². The largest absolute Gasteiger partial charge is 0.390 e. The number of carbonyl (C=O) groups excluding carboxylic acids is 11. The summed E-state index contributed by atoms with van der Waals surface area (Å²) in [6.45, 7) is 29.3. The zero-order valence-corrected chi connectivity index (χ0v) is 58.0. The first kappa shape index (κ1) is 79.8. The topological polar surface area (TPSA) is 305 Å². The van der Waals surface area contributed by atoms with Gasteiger partial charge in [-0.3, -0.25) is 52.7 Å². The molecule has 0 radical (unpaired) electrons. The van der Waals surface area contributed by atoms with Crippen LogP contribution in [-0.2, 0) is 52.7 Å². The van der Waals surface area contributed by atoms with Crippen molar-refractivity contribution in [1.82, 2.24) is 55.6 Å². The maximum Gasteiger partial charge on any atom is 0.246 e. The van der Waals surface area contributed by atoms with Crippen molar-refractivity contribution >= 4 is 65.0 Å². The third-order valence-electron chi connectivity index (χ3n) is 16.7. The summed E-state index contributed by atoms with van der Waals surface area (Å²) in [7, 11) is 10.0. The van der Waals surface area contributed by atoms with E-state index in [0.717, 1.165) is 9.80 Å². The summed E-state index contributed by atoms with van der Waals surface area (Å²) in [5.74, 6) is -9.13. The number of carbonyl (C=O) groups is 11. The number of rotatable bonds is 17. The van der Waals surface area contributed by atoms with Gasteiger partial charge in [0.15, 0.2) is 0 Å². The summed E-state index contributed by atoms with van der Waals surface area (Å²) in [5.41, 5.74) is 4.55. The minimum Gasteiger partial charge on any atom is -0.390 e. The molecule has 0 aromatic heterocycles. The molecule has 0 spiro atoms. The Morgan fingerprint density at radius 1 is 0.477 bits per heavy atom. The number of likely N-dealkylation sites (N-methyl/N-ethyl adjacent to an activating group) is 7. The van der Waals surface area contributed by atoms with Gasteiger partial charge < -0.3 is 66.4 Å². The summed E-state index contributed by atoms with van der Waals surface area (Å²) in [6.07, 6.45) is 4.57. The molecule has 0 bridgehead atoms. The van der Waals surface area contributed by atoms with Gasteiger partial charge in [0.2, 0.25) is 65.0 Å². The fourth-order valence-electron chi connectivity index (χ4n) is 11.2. The van der Waals surface area contributed by atoms with Crippen LogP contribution in [0.4, 0.5) is 0 Å². The number of allylic oxidation sites excluding steroid dienone is 2. The highest BCUT2D eigenvalue weighted by molar-refractivity contribution is 6.00. The first-order chi connectivity index (χ1) is 40.5. The second-order valence-corrected chi connectivity index (χ2v) is 27.2. The van der Waals surface area contributed by atoms with Crippen molar-refractivity contribution < 1.29 is 57.8 Å². The minimum atomic E-state index is -1.57. The van der Waals surface area contributed by atoms with Crippen LogP contribution < -0.4 is 27.0 Å². The molecular weight excluding hydrogens is 1130 g/mol. The van der Waals surface area contributed by atoms with Crippen LogP contribution >= 0.6 is 0 Å². The quantitative estimate of drug-likeness (QED) is 0.114. The molecule has 0 aromatic rings. The molecule has 1 rings (SSSR count). The van der Waals surface area contributed by atoms with Crippen LogP contribution in [0.3, 0.4) is 0 Å². The van der Waals surface area contributed by atoms with Gasteiger partial charge >= 0.3 is 0 Å². The third kappa shape index (κ3) is 22.7. The van der Waals surface area contributed by atoms with E-state index in [0.29, 0.717) is 6.42 Å². The van der Waals surface area contributed by atoms with Crippen LogP contribution in [0.2, 0.25) is 0 Å². The molecule has 1 aliphatic rings. The van der Waals surface area contributed by atoms with Crippen molar-refractivity contribution in [2.24, 2.45) is 41.2 Å². The molecule has 1 saturated heterocycles. The Morgan fingerprint density at radius 3 is 1.33 bits per heavy atom. The molecule has 11 amide bonds. The molecule has 1 aliphatic heterocycles. The van der Waals surface area contributed by atoms with Gasteiger partial charge in [-0.05, 0) is 122 Å². The molecule has 1 heterocycles. The van der Waals surface area contributed by atoms with Crippen LogP contribution in [-0.4, -0.2) is 232 Å². The Labute approximate surface area is 526 Å². The molecule has 24 heteroatoms. The Hall–Kier alpha value is -6.17. The molecule has 88 heavy (non-hydrogen) atoms. The summed E-state index contributed by atoms with van der Waals surface area (Å²) in [4.78, 5) is 171. The number of nitrogens with two attached hydrogens (primary N) is 1. The van der Waals surface area contributed by atoms with Gasteiger partial charge in [0.1, 0.15) is 66.5 Å². The van der Waals surface area contributed by atoms with Crippen molar-refractivity contribution in [2.45, 2.75) is 241 Å². The summed E-state index contributed by atoms with van der Waals surface area (Å²) in [6, 6.07) is -13.5. The zero-order chi connectivity index (χ0) is 68.3. The number of amides is 11. The highest BCUT2D eigenvalue weighted by Gasteiger charge is 2.45. The lowest BCUT2D eigenvalue weighted by Gasteiger charge is -2.41. The van der Waals surface area contributed by atoms with Gasteiger partial charge in [-0.1, -0.05) is 95.2 Å². The fraction of sp³-hybridized carbons (Fsp3) is 0.797. The molecule has 7 N–H and O–H groups in total. The van der Waals surface area contributed by atoms with E-state index in [4.69, 9.17) is 5.73 Å². The first-order valence-corrected chi connectivity index (χ1v) is 31.7. The average molecular weight is 1250 g/mol. The molecule has 0 aromatic carbocycles. The summed E-state index contributed by atoms with van der Waals surface area (Å²) in [5, 5.41) is 22.3. The van der Waals surface area contributed by atoms with Crippen LogP contribution in [0, 0.1) is 35.5 Å². The van der Waals surface area contributed by atoms with Crippen molar-refractivity contribution in [3.63, 3.8) is 0 Å². The molecular formula is C64H116N12O12. The van der Waals surface area contributed by atoms with Gasteiger partial charge in [0.25, 0.3) is 0 Å². The van der Waals surface area contributed by atoms with Crippen LogP contribution in [0.15, 0.2) is 12.2 Å². The smallest absolute Gasteiger partial charge is 0.246 e. The van der Waals surface area contributed by atoms with Crippen LogP contribution in [0.1, 0.15) is 169 Å². The molecule has 1 fully saturated rings. The Morgan fingerprint density at radius 2 is 0.875 bits per heavy atom. The van der Waals surface area contributed by atoms with Crippen LogP contribution in [0.25, 0.3) is 0 Å². The average Bonchev–Trinajstić information content (AvgIpc) is 1.18. The summed E-state index contributed by atoms with van der Waals surface area (Å²) >= 11 is 0. The van der Waals surface area contributed by atoms with E-state index >= 15 is 9.59 Å². The molecule has 504 valence electrons. The van der Waals surface area contributed by atoms with E-state index in [2.05, 4.69) is 21.3 Å². The van der Waals surface area contributed by atoms with E-state index < -0.39 is 149 Å². The predicted molar refractivity (Wildman–Crippen MR) is 341 cm³/mol. The Balaban J connectivity index is 4.43. The molecule has 24 nitrogen and oxygen atoms in total. The number of hydrogen-bond acceptors (Lipinski definition) is 13. The highest BCUT2D eigenvalue weighted by Crippen LogP contribution is 2.26. The molecule has 12 atom stereocenters. The molecule has 0 unspecified atom stereocenters. The minimum absolute atomic E-state index is 0.0413. The van der Waals surface area contributed by atoms with E-state index in [1.54, 1.807) is 34.6 Å². The van der Waals surface area contributed by atoms with E-state index in [9.17, 15) is 48.3 Å². The maximum absolute atomic E-state index is 15.2. The monoisotopic (exact) mass is 1240 g/mol. The van der Waals surface area contributed by atoms with Crippen molar-refractivity contribution in [3.05, 3.63) is 12.2 Å². The number of aliphatic hydroxyl groups is 1. The van der Waals surface area contributed by atoms with Crippen LogP contribution in [0.5, 0.6) is 0 Å². The highest BCUT2D eigenvalue weighted by atomic mass is 16.3. The lowest BCUT2D eigenvalue weighted by molar-refractivity contribution is -0.156. The first-order valence-electron chi connectivity index (χ1n) is 31.7. The lowest BCUT2D eigenvalue weighted by atomic mass is 9.93. The SMILES string of the molecule is C/C=C/C[C@@H](C)C[C@H]1C(=O)N[C@H](CC)C(=O)N(C)[C@@H](CCN)C(=O)N(C)[C@@H](CC(C)(C)O)C(=O)N[C@H](C(C)C)C(=O)N(C)[C@H](CC(C)C)C(=O)N[C@H](C)C(=O)N[C@@H](C)C(=O)N(C)[C@@H](CC(C)C)C(=O)N(C)[C@H](CC(C)C)C(=O)N(C)[C@H](C(C)C)C(=O)N1C. The lowest BCUT2D eigenvalue weighted by Crippen LogP contribution is -2.62. The second-order valence-electron chi connectivity index (χ2n) is 27.2. The molecule has 0 aliphatic carbocycles. The maximum atomic E-state index is 15.2. The van der Waals surface area contributed by atoms with Crippen molar-refractivity contribution in [1.29, 1.82) is 0 Å². The number of nitrogens with zero attached hydrogens (tertiary/aromatic N) is 7. The standard InChI is InChI=1S/C64H116N12O12/c1-25-27-28-41(13)34-47-55(79)68-44(26-2)58(82)70(18)45(29-30-65)59(83)75(23)50(35-64(16,17)88)56(80)69-51(39(9)10)62(86)71(19)46(31-36(3)4)54(78)66-42(14)53(77)67-43(15)57(81)73(21)48(32-37(5)6)60(84)74(22)49(33-38(7)8)61(85)76(24)52(40(11)12)63(87)72(47)20/h25,27,36-52,88H,26,28-35,65H2,1-24H3,(H,66,78)(H,67,77)(H,68,79)(H,69,80)/b27-25+/t41-,42-,43+,44-,45+,46-,47+,48+,49-,50+,51-,52-/m1/s1.